The van der Waals surface area contributed by atoms with Crippen LogP contribution in [0.15, 0.2) is 14.3 Å². The SMILES string of the molecule is CC(C)(C)CCNC(=O)c1cc(Br)c(Br)s1. The van der Waals surface area contributed by atoms with Crippen LogP contribution < -0.4 is 5.32 Å². The first-order valence-corrected chi connectivity index (χ1v) is 7.43. The van der Waals surface area contributed by atoms with Gasteiger partial charge in [-0.05, 0) is 49.8 Å². The molecule has 0 spiro atoms. The molecule has 1 N–H and O–H groups in total. The Bertz CT molecular complexity index is 362. The van der Waals surface area contributed by atoms with Crippen molar-refractivity contribution in [3.63, 3.8) is 0 Å². The van der Waals surface area contributed by atoms with E-state index in [1.807, 2.05) is 6.07 Å². The molecule has 0 radical (unpaired) electrons. The van der Waals surface area contributed by atoms with Gasteiger partial charge in [0.2, 0.25) is 0 Å². The summed E-state index contributed by atoms with van der Waals surface area (Å²) in [5.74, 6) is 0.000602. The fraction of sp³-hybridized carbons (Fsp3) is 0.545. The van der Waals surface area contributed by atoms with E-state index in [1.165, 1.54) is 11.3 Å². The van der Waals surface area contributed by atoms with Gasteiger partial charge in [-0.1, -0.05) is 20.8 Å². The second kappa shape index (κ2) is 5.65. The molecule has 0 saturated carbocycles. The molecule has 0 aliphatic heterocycles. The highest BCUT2D eigenvalue weighted by molar-refractivity contribution is 9.13. The zero-order valence-corrected chi connectivity index (χ0v) is 13.6. The van der Waals surface area contributed by atoms with Gasteiger partial charge in [0.25, 0.3) is 5.91 Å². The third-order valence-electron chi connectivity index (χ3n) is 2.03. The quantitative estimate of drug-likeness (QED) is 0.839. The van der Waals surface area contributed by atoms with Crippen molar-refractivity contribution in [3.8, 4) is 0 Å². The van der Waals surface area contributed by atoms with E-state index in [0.717, 1.165) is 26.1 Å². The molecule has 0 atom stereocenters. The third-order valence-corrected chi connectivity index (χ3v) is 5.28. The van der Waals surface area contributed by atoms with Crippen LogP contribution >= 0.6 is 43.2 Å². The lowest BCUT2D eigenvalue weighted by atomic mass is 9.92. The number of thiophene rings is 1. The molecule has 2 nitrogen and oxygen atoms in total. The zero-order valence-electron chi connectivity index (χ0n) is 9.56. The van der Waals surface area contributed by atoms with Crippen molar-refractivity contribution in [1.29, 1.82) is 0 Å². The molecule has 1 rings (SSSR count). The van der Waals surface area contributed by atoms with Gasteiger partial charge < -0.3 is 5.32 Å². The number of amides is 1. The smallest absolute Gasteiger partial charge is 0.261 e. The minimum Gasteiger partial charge on any atom is -0.351 e. The number of halogens is 2. The topological polar surface area (TPSA) is 29.1 Å². The molecule has 1 aromatic heterocycles. The average Bonchev–Trinajstić information content (AvgIpc) is 2.45. The Morgan fingerprint density at radius 3 is 2.50 bits per heavy atom. The van der Waals surface area contributed by atoms with Crippen molar-refractivity contribution in [3.05, 3.63) is 19.2 Å². The lowest BCUT2D eigenvalue weighted by Gasteiger charge is -2.17. The monoisotopic (exact) mass is 367 g/mol. The number of carbonyl (C=O) groups excluding carboxylic acids is 1. The number of rotatable bonds is 3. The van der Waals surface area contributed by atoms with Crippen LogP contribution in [0.2, 0.25) is 0 Å². The summed E-state index contributed by atoms with van der Waals surface area (Å²) in [5.41, 5.74) is 0.254. The van der Waals surface area contributed by atoms with E-state index in [9.17, 15) is 4.79 Å². The molecule has 0 saturated heterocycles. The van der Waals surface area contributed by atoms with Crippen molar-refractivity contribution >= 4 is 49.1 Å². The molecule has 0 unspecified atom stereocenters. The van der Waals surface area contributed by atoms with E-state index in [1.54, 1.807) is 0 Å². The molecule has 0 aliphatic carbocycles. The van der Waals surface area contributed by atoms with Crippen LogP contribution in [0.5, 0.6) is 0 Å². The van der Waals surface area contributed by atoms with E-state index < -0.39 is 0 Å². The molecular weight excluding hydrogens is 354 g/mol. The van der Waals surface area contributed by atoms with Crippen LogP contribution in [0.4, 0.5) is 0 Å². The van der Waals surface area contributed by atoms with Crippen LogP contribution in [-0.4, -0.2) is 12.5 Å². The molecular formula is C11H15Br2NOS. The van der Waals surface area contributed by atoms with Gasteiger partial charge in [0.15, 0.2) is 0 Å². The van der Waals surface area contributed by atoms with E-state index >= 15 is 0 Å². The van der Waals surface area contributed by atoms with Crippen molar-refractivity contribution in [2.75, 3.05) is 6.54 Å². The van der Waals surface area contributed by atoms with Gasteiger partial charge in [0, 0.05) is 11.0 Å². The number of hydrogen-bond acceptors (Lipinski definition) is 2. The van der Waals surface area contributed by atoms with Gasteiger partial charge in [-0.3, -0.25) is 4.79 Å². The summed E-state index contributed by atoms with van der Waals surface area (Å²) in [5, 5.41) is 2.93. The molecule has 5 heteroatoms. The molecule has 0 aromatic carbocycles. The molecule has 90 valence electrons. The van der Waals surface area contributed by atoms with Crippen molar-refractivity contribution in [2.45, 2.75) is 27.2 Å². The summed E-state index contributed by atoms with van der Waals surface area (Å²) < 4.78 is 1.88. The Morgan fingerprint density at radius 2 is 2.06 bits per heavy atom. The van der Waals surface area contributed by atoms with Gasteiger partial charge in [-0.2, -0.15) is 0 Å². The van der Waals surface area contributed by atoms with E-state index in [4.69, 9.17) is 0 Å². The van der Waals surface area contributed by atoms with Crippen LogP contribution in [0.25, 0.3) is 0 Å². The Hall–Kier alpha value is 0.130. The normalized spacial score (nSPS) is 11.6. The van der Waals surface area contributed by atoms with Crippen LogP contribution in [0.1, 0.15) is 36.9 Å². The van der Waals surface area contributed by atoms with Gasteiger partial charge in [-0.15, -0.1) is 11.3 Å². The average molecular weight is 369 g/mol. The summed E-state index contributed by atoms with van der Waals surface area (Å²) in [6.45, 7) is 7.21. The first-order chi connectivity index (χ1) is 7.29. The van der Waals surface area contributed by atoms with E-state index in [-0.39, 0.29) is 11.3 Å². The standard InChI is InChI=1S/C11H15Br2NOS/c1-11(2,3)4-5-14-10(15)8-6-7(12)9(13)16-8/h6H,4-5H2,1-3H3,(H,14,15). The van der Waals surface area contributed by atoms with E-state index in [2.05, 4.69) is 57.9 Å². The maximum atomic E-state index is 11.8. The lowest BCUT2D eigenvalue weighted by molar-refractivity contribution is 0.0953. The molecule has 1 heterocycles. The minimum atomic E-state index is 0.000602. The Balaban J connectivity index is 2.47. The Kier molecular flexibility index (Phi) is 5.01. The summed E-state index contributed by atoms with van der Waals surface area (Å²) in [4.78, 5) is 12.5. The maximum absolute atomic E-state index is 11.8. The first kappa shape index (κ1) is 14.2. The van der Waals surface area contributed by atoms with Gasteiger partial charge >= 0.3 is 0 Å². The van der Waals surface area contributed by atoms with Crippen molar-refractivity contribution in [1.82, 2.24) is 5.32 Å². The van der Waals surface area contributed by atoms with Gasteiger partial charge in [0.05, 0.1) is 8.66 Å². The summed E-state index contributed by atoms with van der Waals surface area (Å²) in [7, 11) is 0. The lowest BCUT2D eigenvalue weighted by Crippen LogP contribution is -2.26. The molecule has 0 bridgehead atoms. The second-order valence-electron chi connectivity index (χ2n) is 4.80. The van der Waals surface area contributed by atoms with Crippen LogP contribution in [-0.2, 0) is 0 Å². The molecule has 1 aromatic rings. The maximum Gasteiger partial charge on any atom is 0.261 e. The van der Waals surface area contributed by atoms with E-state index in [0.29, 0.717) is 0 Å². The van der Waals surface area contributed by atoms with Crippen molar-refractivity contribution < 1.29 is 4.79 Å². The minimum absolute atomic E-state index is 0.000602. The highest BCUT2D eigenvalue weighted by Gasteiger charge is 2.13. The van der Waals surface area contributed by atoms with Gasteiger partial charge in [0.1, 0.15) is 0 Å². The highest BCUT2D eigenvalue weighted by atomic mass is 79.9. The van der Waals surface area contributed by atoms with Gasteiger partial charge in [-0.25, -0.2) is 0 Å². The number of carbonyl (C=O) groups is 1. The fourth-order valence-electron chi connectivity index (χ4n) is 1.10. The Labute approximate surface area is 117 Å². The number of hydrogen-bond donors (Lipinski definition) is 1. The molecule has 0 fully saturated rings. The molecule has 0 aliphatic rings. The largest absolute Gasteiger partial charge is 0.351 e. The Morgan fingerprint density at radius 1 is 1.44 bits per heavy atom. The van der Waals surface area contributed by atoms with Crippen molar-refractivity contribution in [2.24, 2.45) is 5.41 Å². The fourth-order valence-corrected chi connectivity index (χ4v) is 3.05. The third kappa shape index (κ3) is 4.55. The predicted molar refractivity (Wildman–Crippen MR) is 76.1 cm³/mol. The summed E-state index contributed by atoms with van der Waals surface area (Å²) in [6.07, 6.45) is 0.979. The zero-order chi connectivity index (χ0) is 12.3. The molecule has 1 amide bonds. The molecule has 16 heavy (non-hydrogen) atoms. The van der Waals surface area contributed by atoms with Crippen LogP contribution in [0.3, 0.4) is 0 Å². The number of nitrogens with one attached hydrogen (secondary N) is 1. The summed E-state index contributed by atoms with van der Waals surface area (Å²) >= 11 is 8.18. The van der Waals surface area contributed by atoms with Crippen LogP contribution in [0, 0.1) is 5.41 Å². The highest BCUT2D eigenvalue weighted by Crippen LogP contribution is 2.32. The first-order valence-electron chi connectivity index (χ1n) is 5.02. The predicted octanol–water partition coefficient (Wildman–Crippen LogP) is 4.44. The summed E-state index contributed by atoms with van der Waals surface area (Å²) in [6, 6.07) is 1.83. The second-order valence-corrected chi connectivity index (χ2v) is 8.02.